The molecule has 2 atom stereocenters. The molecule has 0 heterocycles. The second-order valence-corrected chi connectivity index (χ2v) is 6.26. The highest BCUT2D eigenvalue weighted by Gasteiger charge is 2.18. The average molecular weight is 341 g/mol. The number of carbonyl (C=O) groups excluding carboxylic acids is 1. The fraction of sp³-hybridized carbons (Fsp3) is 0.381. The van der Waals surface area contributed by atoms with Gasteiger partial charge in [-0.1, -0.05) is 24.3 Å². The molecule has 0 aromatic heterocycles. The van der Waals surface area contributed by atoms with Crippen molar-refractivity contribution in [1.29, 1.82) is 0 Å². The maximum Gasteiger partial charge on any atom is 0.261 e. The number of hydrogen-bond acceptors (Lipinski definition) is 3. The number of nitrogens with one attached hydrogen (secondary N) is 1. The molecule has 2 aromatic carbocycles. The van der Waals surface area contributed by atoms with E-state index < -0.39 is 6.10 Å². The Kier molecular flexibility index (Phi) is 6.45. The lowest BCUT2D eigenvalue weighted by Crippen LogP contribution is -2.37. The second kappa shape index (κ2) is 8.56. The summed E-state index contributed by atoms with van der Waals surface area (Å²) in [7, 11) is 0. The number of aryl methyl sites for hydroxylation is 2. The smallest absolute Gasteiger partial charge is 0.261 e. The molecular weight excluding hydrogens is 314 g/mol. The molecule has 1 N–H and O–H groups in total. The normalized spacial score (nSPS) is 13.0. The molecule has 0 unspecified atom stereocenters. The maximum absolute atomic E-state index is 12.4. The molecule has 0 fully saturated rings. The highest BCUT2D eigenvalue weighted by atomic mass is 16.5. The molecule has 0 aliphatic carbocycles. The van der Waals surface area contributed by atoms with Crippen LogP contribution in [0, 0.1) is 13.8 Å². The highest BCUT2D eigenvalue weighted by molar-refractivity contribution is 5.81. The SMILES string of the molecule is CCOc1ccc([C@@H](C)NC(=O)[C@H](C)Oc2cc(C)ccc2C)cc1. The summed E-state index contributed by atoms with van der Waals surface area (Å²) in [6.45, 7) is 10.3. The van der Waals surface area contributed by atoms with Gasteiger partial charge in [0.1, 0.15) is 11.5 Å². The Labute approximate surface area is 150 Å². The van der Waals surface area contributed by atoms with Crippen LogP contribution in [0.15, 0.2) is 42.5 Å². The summed E-state index contributed by atoms with van der Waals surface area (Å²) in [6.07, 6.45) is -0.564. The van der Waals surface area contributed by atoms with Crippen molar-refractivity contribution >= 4 is 5.91 Å². The van der Waals surface area contributed by atoms with Crippen LogP contribution >= 0.6 is 0 Å². The van der Waals surface area contributed by atoms with Gasteiger partial charge in [0.2, 0.25) is 0 Å². The molecule has 0 bridgehead atoms. The number of hydrogen-bond donors (Lipinski definition) is 1. The van der Waals surface area contributed by atoms with Crippen molar-refractivity contribution < 1.29 is 14.3 Å². The van der Waals surface area contributed by atoms with Gasteiger partial charge < -0.3 is 14.8 Å². The van der Waals surface area contributed by atoms with Gasteiger partial charge in [-0.2, -0.15) is 0 Å². The van der Waals surface area contributed by atoms with Crippen LogP contribution in [0.3, 0.4) is 0 Å². The van der Waals surface area contributed by atoms with E-state index in [0.717, 1.165) is 28.2 Å². The van der Waals surface area contributed by atoms with E-state index >= 15 is 0 Å². The first kappa shape index (κ1) is 18.8. The number of amides is 1. The predicted octanol–water partition coefficient (Wildman–Crippen LogP) is 4.35. The molecule has 0 spiro atoms. The minimum atomic E-state index is -0.564. The minimum absolute atomic E-state index is 0.104. The van der Waals surface area contributed by atoms with E-state index in [1.165, 1.54) is 0 Å². The molecule has 4 heteroatoms. The third-order valence-corrected chi connectivity index (χ3v) is 4.07. The van der Waals surface area contributed by atoms with Crippen LogP contribution in [-0.2, 0) is 4.79 Å². The van der Waals surface area contributed by atoms with Crippen LogP contribution in [-0.4, -0.2) is 18.6 Å². The topological polar surface area (TPSA) is 47.6 Å². The van der Waals surface area contributed by atoms with Crippen molar-refractivity contribution in [3.63, 3.8) is 0 Å². The zero-order valence-corrected chi connectivity index (χ0v) is 15.6. The van der Waals surface area contributed by atoms with Crippen molar-refractivity contribution in [3.05, 3.63) is 59.2 Å². The van der Waals surface area contributed by atoms with Crippen molar-refractivity contribution in [2.45, 2.75) is 46.8 Å². The zero-order valence-electron chi connectivity index (χ0n) is 15.6. The van der Waals surface area contributed by atoms with Gasteiger partial charge in [0.05, 0.1) is 12.6 Å². The Bertz CT molecular complexity index is 710. The Morgan fingerprint density at radius 2 is 1.76 bits per heavy atom. The zero-order chi connectivity index (χ0) is 18.4. The number of rotatable bonds is 7. The molecule has 0 saturated carbocycles. The van der Waals surface area contributed by atoms with Crippen molar-refractivity contribution in [2.75, 3.05) is 6.61 Å². The van der Waals surface area contributed by atoms with Crippen molar-refractivity contribution in [1.82, 2.24) is 5.32 Å². The quantitative estimate of drug-likeness (QED) is 0.814. The van der Waals surface area contributed by atoms with E-state index in [2.05, 4.69) is 5.32 Å². The lowest BCUT2D eigenvalue weighted by atomic mass is 10.1. The molecule has 2 rings (SSSR count). The fourth-order valence-electron chi connectivity index (χ4n) is 2.51. The van der Waals surface area contributed by atoms with Gasteiger partial charge in [-0.15, -0.1) is 0 Å². The Balaban J connectivity index is 1.96. The minimum Gasteiger partial charge on any atom is -0.494 e. The maximum atomic E-state index is 12.4. The molecule has 1 amide bonds. The molecule has 0 aliphatic rings. The van der Waals surface area contributed by atoms with Gasteiger partial charge in [-0.3, -0.25) is 4.79 Å². The molecular formula is C21H27NO3. The number of benzene rings is 2. The van der Waals surface area contributed by atoms with Crippen LogP contribution in [0.5, 0.6) is 11.5 Å². The number of ether oxygens (including phenoxy) is 2. The van der Waals surface area contributed by atoms with Gasteiger partial charge in [0, 0.05) is 0 Å². The molecule has 0 aliphatic heterocycles. The highest BCUT2D eigenvalue weighted by Crippen LogP contribution is 2.21. The lowest BCUT2D eigenvalue weighted by molar-refractivity contribution is -0.127. The van der Waals surface area contributed by atoms with E-state index in [4.69, 9.17) is 9.47 Å². The Morgan fingerprint density at radius 1 is 1.08 bits per heavy atom. The summed E-state index contributed by atoms with van der Waals surface area (Å²) in [6, 6.07) is 13.6. The molecule has 0 radical (unpaired) electrons. The van der Waals surface area contributed by atoms with E-state index in [1.54, 1.807) is 6.92 Å². The largest absolute Gasteiger partial charge is 0.494 e. The lowest BCUT2D eigenvalue weighted by Gasteiger charge is -2.20. The predicted molar refractivity (Wildman–Crippen MR) is 100 cm³/mol. The summed E-state index contributed by atoms with van der Waals surface area (Å²) in [5.41, 5.74) is 3.15. The van der Waals surface area contributed by atoms with Gasteiger partial charge in [-0.05, 0) is 69.5 Å². The van der Waals surface area contributed by atoms with Gasteiger partial charge in [0.15, 0.2) is 6.10 Å². The van der Waals surface area contributed by atoms with Crippen molar-refractivity contribution in [3.8, 4) is 11.5 Å². The first-order valence-corrected chi connectivity index (χ1v) is 8.67. The first-order valence-electron chi connectivity index (χ1n) is 8.67. The summed E-state index contributed by atoms with van der Waals surface area (Å²) in [4.78, 5) is 12.4. The van der Waals surface area contributed by atoms with E-state index in [-0.39, 0.29) is 11.9 Å². The van der Waals surface area contributed by atoms with Crippen LogP contribution in [0.25, 0.3) is 0 Å². The van der Waals surface area contributed by atoms with E-state index in [9.17, 15) is 4.79 Å². The van der Waals surface area contributed by atoms with Crippen LogP contribution in [0.4, 0.5) is 0 Å². The molecule has 4 nitrogen and oxygen atoms in total. The Morgan fingerprint density at radius 3 is 2.40 bits per heavy atom. The van der Waals surface area contributed by atoms with Crippen molar-refractivity contribution in [2.24, 2.45) is 0 Å². The summed E-state index contributed by atoms with van der Waals surface area (Å²) in [5, 5.41) is 3.00. The average Bonchev–Trinajstić information content (AvgIpc) is 2.59. The third-order valence-electron chi connectivity index (χ3n) is 4.07. The molecule has 0 saturated heterocycles. The second-order valence-electron chi connectivity index (χ2n) is 6.26. The molecule has 25 heavy (non-hydrogen) atoms. The van der Waals surface area contributed by atoms with E-state index in [1.807, 2.05) is 70.2 Å². The van der Waals surface area contributed by atoms with E-state index in [0.29, 0.717) is 6.61 Å². The van der Waals surface area contributed by atoms with Crippen LogP contribution in [0.1, 0.15) is 43.5 Å². The summed E-state index contributed by atoms with van der Waals surface area (Å²) >= 11 is 0. The standard InChI is InChI=1S/C21H27NO3/c1-6-24-19-11-9-18(10-12-19)16(4)22-21(23)17(5)25-20-13-14(2)7-8-15(20)3/h7-13,16-17H,6H2,1-5H3,(H,22,23)/t16-,17+/m1/s1. The Hall–Kier alpha value is -2.49. The summed E-state index contributed by atoms with van der Waals surface area (Å²) < 4.78 is 11.3. The number of carbonyl (C=O) groups is 1. The summed E-state index contributed by atoms with van der Waals surface area (Å²) in [5.74, 6) is 1.44. The van der Waals surface area contributed by atoms with Crippen LogP contribution in [0.2, 0.25) is 0 Å². The molecule has 134 valence electrons. The van der Waals surface area contributed by atoms with Gasteiger partial charge in [-0.25, -0.2) is 0 Å². The van der Waals surface area contributed by atoms with Gasteiger partial charge >= 0.3 is 0 Å². The molecule has 2 aromatic rings. The van der Waals surface area contributed by atoms with Crippen LogP contribution < -0.4 is 14.8 Å². The third kappa shape index (κ3) is 5.24. The van der Waals surface area contributed by atoms with Gasteiger partial charge in [0.25, 0.3) is 5.91 Å². The monoisotopic (exact) mass is 341 g/mol. The fourth-order valence-corrected chi connectivity index (χ4v) is 2.51. The first-order chi connectivity index (χ1) is 11.9.